The molecule has 178 valence electrons. The van der Waals surface area contributed by atoms with Crippen molar-refractivity contribution in [2.75, 3.05) is 0 Å². The fourth-order valence-electron chi connectivity index (χ4n) is 4.00. The first-order valence-corrected chi connectivity index (χ1v) is 11.5. The van der Waals surface area contributed by atoms with Crippen LogP contribution in [0.2, 0.25) is 0 Å². The molecule has 11 nitrogen and oxygen atoms in total. The summed E-state index contributed by atoms with van der Waals surface area (Å²) in [5.41, 5.74) is 1.60. The number of benzene rings is 1. The normalized spacial score (nSPS) is 17.2. The van der Waals surface area contributed by atoms with Crippen molar-refractivity contribution in [2.24, 2.45) is 14.1 Å². The van der Waals surface area contributed by atoms with Crippen LogP contribution in [0, 0.1) is 0 Å². The summed E-state index contributed by atoms with van der Waals surface area (Å²) in [4.78, 5) is -0.0333. The molecular weight excluding hydrogens is 472 g/mol. The van der Waals surface area contributed by atoms with Crippen molar-refractivity contribution < 1.29 is 26.7 Å². The van der Waals surface area contributed by atoms with Crippen LogP contribution in [0.4, 0.5) is 8.78 Å². The first-order chi connectivity index (χ1) is 16.1. The van der Waals surface area contributed by atoms with Gasteiger partial charge in [0, 0.05) is 49.7 Å². The van der Waals surface area contributed by atoms with E-state index in [1.807, 2.05) is 0 Å². The van der Waals surface area contributed by atoms with Crippen LogP contribution in [0.1, 0.15) is 41.2 Å². The van der Waals surface area contributed by atoms with E-state index in [2.05, 4.69) is 20.4 Å². The Labute approximate surface area is 192 Å². The summed E-state index contributed by atoms with van der Waals surface area (Å²) in [5, 5.41) is 26.3. The number of nitrogens with zero attached hydrogens (tertiary/aromatic N) is 7. The van der Waals surface area contributed by atoms with Gasteiger partial charge in [-0.2, -0.15) is 23.3 Å². The molecule has 1 N–H and O–H groups in total. The summed E-state index contributed by atoms with van der Waals surface area (Å²) in [6.07, 6.45) is 2.04. The molecule has 4 heterocycles. The number of aliphatic hydroxyl groups is 1. The zero-order valence-corrected chi connectivity index (χ0v) is 18.8. The quantitative estimate of drug-likeness (QED) is 0.434. The number of sulfonamides is 1. The molecule has 1 aliphatic heterocycles. The first kappa shape index (κ1) is 22.3. The van der Waals surface area contributed by atoms with Gasteiger partial charge in [0.1, 0.15) is 6.10 Å². The fourth-order valence-corrected chi connectivity index (χ4v) is 5.84. The summed E-state index contributed by atoms with van der Waals surface area (Å²) >= 11 is 0. The summed E-state index contributed by atoms with van der Waals surface area (Å²) < 4.78 is 62.1. The molecule has 14 heteroatoms. The molecule has 0 spiro atoms. The van der Waals surface area contributed by atoms with Gasteiger partial charge in [0.05, 0.1) is 23.3 Å². The van der Waals surface area contributed by atoms with Gasteiger partial charge < -0.3 is 9.52 Å². The first-order valence-electron chi connectivity index (χ1n) is 10.1. The lowest BCUT2D eigenvalue weighted by atomic mass is 10.00. The van der Waals surface area contributed by atoms with Gasteiger partial charge >= 0.3 is 6.43 Å². The van der Waals surface area contributed by atoms with E-state index >= 15 is 0 Å². The third kappa shape index (κ3) is 3.69. The van der Waals surface area contributed by atoms with E-state index < -0.39 is 34.5 Å². The molecule has 5 rings (SSSR count). The number of aryl methyl sites for hydroxylation is 2. The maximum absolute atomic E-state index is 13.6. The van der Waals surface area contributed by atoms with E-state index in [1.54, 1.807) is 32.6 Å². The van der Waals surface area contributed by atoms with Gasteiger partial charge in [0.2, 0.25) is 15.9 Å². The topological polar surface area (TPSA) is 132 Å². The summed E-state index contributed by atoms with van der Waals surface area (Å²) in [6, 6.07) is 3.40. The Balaban J connectivity index is 1.56. The van der Waals surface area contributed by atoms with Gasteiger partial charge in [-0.3, -0.25) is 9.36 Å². The maximum atomic E-state index is 13.6. The lowest BCUT2D eigenvalue weighted by molar-refractivity contribution is 0.0884. The molecule has 0 radical (unpaired) electrons. The number of hydrogen-bond donors (Lipinski definition) is 1. The van der Waals surface area contributed by atoms with E-state index in [0.29, 0.717) is 16.7 Å². The Morgan fingerprint density at radius 3 is 2.32 bits per heavy atom. The molecule has 1 aliphatic rings. The van der Waals surface area contributed by atoms with Gasteiger partial charge in [-0.25, -0.2) is 8.42 Å². The molecule has 2 atom stereocenters. The number of fused-ring (bicyclic) bond motifs is 1. The van der Waals surface area contributed by atoms with Gasteiger partial charge in [-0.05, 0) is 17.7 Å². The zero-order chi connectivity index (χ0) is 24.2. The molecule has 34 heavy (non-hydrogen) atoms. The third-order valence-electron chi connectivity index (χ3n) is 5.60. The molecule has 4 aromatic rings. The molecule has 0 unspecified atom stereocenters. The van der Waals surface area contributed by atoms with Crippen LogP contribution in [0.3, 0.4) is 0 Å². The highest BCUT2D eigenvalue weighted by Gasteiger charge is 2.44. The average Bonchev–Trinajstić information content (AvgIpc) is 3.57. The Bertz CT molecular complexity index is 1460. The fraction of sp³-hybridized carbons (Fsp3) is 0.300. The Hall–Kier alpha value is -3.49. The van der Waals surface area contributed by atoms with Crippen molar-refractivity contribution >= 4 is 10.0 Å². The van der Waals surface area contributed by atoms with E-state index in [-0.39, 0.29) is 22.9 Å². The van der Waals surface area contributed by atoms with E-state index in [9.17, 15) is 22.3 Å². The van der Waals surface area contributed by atoms with E-state index in [4.69, 9.17) is 4.42 Å². The second kappa shape index (κ2) is 8.07. The molecule has 0 fully saturated rings. The standard InChI is InChI=1S/C20H19F2N7O4S/c1-27-8-13(6-23-27)16(17(30)14-7-24-28(2)9-14)29-10-12-4-3-11(5-15(12)34(29,31)32)19-25-26-20(33-19)18(21)22/h3-9,16-18,30H,10H2,1-2H3/t16-,17+/m1/s1. The zero-order valence-electron chi connectivity index (χ0n) is 17.9. The van der Waals surface area contributed by atoms with Gasteiger partial charge in [-0.1, -0.05) is 6.07 Å². The summed E-state index contributed by atoms with van der Waals surface area (Å²) in [6.45, 7) is -0.0129. The minimum atomic E-state index is -4.10. The molecule has 0 aliphatic carbocycles. The SMILES string of the molecule is Cn1cc([C@H]([C@@H](O)c2cnn(C)c2)N2Cc3ccc(-c4nnc(C(F)F)o4)cc3S2(=O)=O)cn1. The molecule has 0 amide bonds. The predicted octanol–water partition coefficient (Wildman–Crippen LogP) is 2.12. The minimum Gasteiger partial charge on any atom is -0.415 e. The van der Waals surface area contributed by atoms with Crippen LogP contribution in [0.5, 0.6) is 0 Å². The minimum absolute atomic E-state index is 0.0129. The van der Waals surface area contributed by atoms with E-state index in [0.717, 1.165) is 0 Å². The Morgan fingerprint density at radius 1 is 1.06 bits per heavy atom. The van der Waals surface area contributed by atoms with Crippen molar-refractivity contribution in [3.63, 3.8) is 0 Å². The van der Waals surface area contributed by atoms with Crippen LogP contribution < -0.4 is 0 Å². The van der Waals surface area contributed by atoms with Crippen molar-refractivity contribution in [2.45, 2.75) is 30.0 Å². The maximum Gasteiger partial charge on any atom is 0.314 e. The van der Waals surface area contributed by atoms with E-state index in [1.165, 1.54) is 38.2 Å². The average molecular weight is 491 g/mol. The monoisotopic (exact) mass is 491 g/mol. The highest BCUT2D eigenvalue weighted by molar-refractivity contribution is 7.89. The number of aliphatic hydroxyl groups excluding tert-OH is 1. The second-order valence-electron chi connectivity index (χ2n) is 7.90. The van der Waals surface area contributed by atoms with Crippen molar-refractivity contribution in [3.05, 3.63) is 65.6 Å². The van der Waals surface area contributed by atoms with Crippen molar-refractivity contribution in [3.8, 4) is 11.5 Å². The molecular formula is C20H19F2N7O4S. The highest BCUT2D eigenvalue weighted by Crippen LogP contribution is 2.43. The van der Waals surface area contributed by atoms with Crippen LogP contribution in [0.15, 0.2) is 52.3 Å². The van der Waals surface area contributed by atoms with Crippen LogP contribution >= 0.6 is 0 Å². The van der Waals surface area contributed by atoms with Crippen LogP contribution in [-0.2, 0) is 30.7 Å². The van der Waals surface area contributed by atoms with Gasteiger partial charge in [-0.15, -0.1) is 10.2 Å². The van der Waals surface area contributed by atoms with Crippen LogP contribution in [-0.4, -0.2) is 47.6 Å². The molecule has 3 aromatic heterocycles. The Morgan fingerprint density at radius 2 is 1.74 bits per heavy atom. The Kier molecular flexibility index (Phi) is 5.30. The summed E-state index contributed by atoms with van der Waals surface area (Å²) in [7, 11) is -0.720. The van der Waals surface area contributed by atoms with Gasteiger partial charge in [0.25, 0.3) is 5.89 Å². The lowest BCUT2D eigenvalue weighted by Gasteiger charge is -2.29. The van der Waals surface area contributed by atoms with Crippen molar-refractivity contribution in [1.82, 2.24) is 34.1 Å². The number of aromatic nitrogens is 6. The lowest BCUT2D eigenvalue weighted by Crippen LogP contribution is -2.33. The molecule has 0 bridgehead atoms. The third-order valence-corrected chi connectivity index (χ3v) is 7.51. The van der Waals surface area contributed by atoms with Crippen molar-refractivity contribution in [1.29, 1.82) is 0 Å². The molecule has 0 saturated heterocycles. The van der Waals surface area contributed by atoms with Crippen LogP contribution in [0.25, 0.3) is 11.5 Å². The predicted molar refractivity (Wildman–Crippen MR) is 112 cm³/mol. The number of hydrogen-bond acceptors (Lipinski definition) is 8. The number of alkyl halides is 2. The second-order valence-corrected chi connectivity index (χ2v) is 9.76. The molecule has 0 saturated carbocycles. The smallest absolute Gasteiger partial charge is 0.314 e. The number of halogens is 2. The number of rotatable bonds is 6. The molecule has 1 aromatic carbocycles. The summed E-state index contributed by atoms with van der Waals surface area (Å²) in [5.74, 6) is -1.07. The van der Waals surface area contributed by atoms with Gasteiger partial charge in [0.15, 0.2) is 0 Å². The highest BCUT2D eigenvalue weighted by atomic mass is 32.2. The largest absolute Gasteiger partial charge is 0.415 e.